The van der Waals surface area contributed by atoms with E-state index < -0.39 is 0 Å². The van der Waals surface area contributed by atoms with Gasteiger partial charge >= 0.3 is 0 Å². The minimum absolute atomic E-state index is 0.252. The maximum absolute atomic E-state index is 13.4. The van der Waals surface area contributed by atoms with Gasteiger partial charge in [-0.2, -0.15) is 0 Å². The lowest BCUT2D eigenvalue weighted by molar-refractivity contribution is 0.630. The number of rotatable bonds is 7. The first-order valence-corrected chi connectivity index (χ1v) is 7.95. The second kappa shape index (κ2) is 6.73. The normalized spacial score (nSPS) is 11.4. The largest absolute Gasteiger partial charge is 0.368 e. The summed E-state index contributed by atoms with van der Waals surface area (Å²) in [4.78, 5) is 11.9. The standard InChI is InChI=1S/C17H21FN4/c1-2-3-4-5-6-9-19-17-16-15(20-11-21-17)13-10-12(18)7-8-14(13)22-16/h7-8,10-11,22H,2-6,9H2,1H3,(H,19,20,21). The molecule has 0 aliphatic carbocycles. The van der Waals surface area contributed by atoms with Crippen molar-refractivity contribution in [3.05, 3.63) is 30.3 Å². The van der Waals surface area contributed by atoms with Gasteiger partial charge in [0.05, 0.1) is 0 Å². The van der Waals surface area contributed by atoms with Gasteiger partial charge in [-0.25, -0.2) is 14.4 Å². The Bertz CT molecular complexity index is 766. The Morgan fingerprint density at radius 1 is 1.14 bits per heavy atom. The summed E-state index contributed by atoms with van der Waals surface area (Å²) in [5.74, 6) is 0.537. The van der Waals surface area contributed by atoms with E-state index in [1.807, 2.05) is 0 Å². The van der Waals surface area contributed by atoms with Gasteiger partial charge in [0.1, 0.15) is 23.2 Å². The number of aromatic amines is 1. The van der Waals surface area contributed by atoms with Crippen LogP contribution in [0.25, 0.3) is 21.9 Å². The van der Waals surface area contributed by atoms with Crippen LogP contribution >= 0.6 is 0 Å². The van der Waals surface area contributed by atoms with Crippen molar-refractivity contribution in [1.82, 2.24) is 15.0 Å². The lowest BCUT2D eigenvalue weighted by atomic mass is 10.1. The number of hydrogen-bond acceptors (Lipinski definition) is 3. The maximum atomic E-state index is 13.4. The average Bonchev–Trinajstić information content (AvgIpc) is 2.89. The molecule has 0 aliphatic heterocycles. The molecule has 2 N–H and O–H groups in total. The van der Waals surface area contributed by atoms with Crippen LogP contribution < -0.4 is 5.32 Å². The quantitative estimate of drug-likeness (QED) is 0.625. The fraction of sp³-hybridized carbons (Fsp3) is 0.412. The zero-order valence-electron chi connectivity index (χ0n) is 12.8. The molecule has 22 heavy (non-hydrogen) atoms. The first kappa shape index (κ1) is 14.8. The van der Waals surface area contributed by atoms with Crippen molar-refractivity contribution in [2.75, 3.05) is 11.9 Å². The van der Waals surface area contributed by atoms with E-state index in [0.29, 0.717) is 0 Å². The highest BCUT2D eigenvalue weighted by molar-refractivity contribution is 6.07. The summed E-state index contributed by atoms with van der Waals surface area (Å²) in [6, 6.07) is 4.70. The SMILES string of the molecule is CCCCCCCNc1ncnc2c1[nH]c1ccc(F)cc12. The fourth-order valence-corrected chi connectivity index (χ4v) is 2.73. The van der Waals surface area contributed by atoms with E-state index in [1.165, 1.54) is 44.1 Å². The highest BCUT2D eigenvalue weighted by Gasteiger charge is 2.10. The lowest BCUT2D eigenvalue weighted by Gasteiger charge is -2.06. The maximum Gasteiger partial charge on any atom is 0.153 e. The second-order valence-electron chi connectivity index (χ2n) is 5.60. The summed E-state index contributed by atoms with van der Waals surface area (Å²) in [5, 5.41) is 4.16. The van der Waals surface area contributed by atoms with Crippen LogP contribution in [0.5, 0.6) is 0 Å². The highest BCUT2D eigenvalue weighted by Crippen LogP contribution is 2.27. The predicted octanol–water partition coefficient (Wildman–Crippen LogP) is 4.63. The van der Waals surface area contributed by atoms with Crippen molar-refractivity contribution in [3.8, 4) is 0 Å². The zero-order valence-corrected chi connectivity index (χ0v) is 12.8. The highest BCUT2D eigenvalue weighted by atomic mass is 19.1. The van der Waals surface area contributed by atoms with E-state index in [4.69, 9.17) is 0 Å². The number of aromatic nitrogens is 3. The van der Waals surface area contributed by atoms with Gasteiger partial charge in [0.15, 0.2) is 5.82 Å². The van der Waals surface area contributed by atoms with Crippen LogP contribution in [0.2, 0.25) is 0 Å². The number of fused-ring (bicyclic) bond motifs is 3. The molecule has 3 aromatic rings. The molecule has 0 radical (unpaired) electrons. The molecule has 0 saturated heterocycles. The predicted molar refractivity (Wildman–Crippen MR) is 88.6 cm³/mol. The Labute approximate surface area is 129 Å². The Morgan fingerprint density at radius 2 is 2.00 bits per heavy atom. The van der Waals surface area contributed by atoms with Crippen molar-refractivity contribution in [3.63, 3.8) is 0 Å². The minimum atomic E-state index is -0.252. The van der Waals surface area contributed by atoms with Crippen molar-refractivity contribution < 1.29 is 4.39 Å². The first-order chi connectivity index (χ1) is 10.8. The van der Waals surface area contributed by atoms with Crippen LogP contribution in [0.3, 0.4) is 0 Å². The third kappa shape index (κ3) is 3.03. The van der Waals surface area contributed by atoms with Crippen LogP contribution in [0.15, 0.2) is 24.5 Å². The number of nitrogens with one attached hydrogen (secondary N) is 2. The molecule has 0 unspecified atom stereocenters. The van der Waals surface area contributed by atoms with E-state index in [0.717, 1.165) is 40.7 Å². The monoisotopic (exact) mass is 300 g/mol. The van der Waals surface area contributed by atoms with Crippen molar-refractivity contribution in [2.24, 2.45) is 0 Å². The number of hydrogen-bond donors (Lipinski definition) is 2. The van der Waals surface area contributed by atoms with E-state index in [-0.39, 0.29) is 5.82 Å². The molecule has 0 spiro atoms. The number of anilines is 1. The third-order valence-electron chi connectivity index (χ3n) is 3.92. The Kier molecular flexibility index (Phi) is 4.51. The van der Waals surface area contributed by atoms with Gasteiger partial charge in [-0.15, -0.1) is 0 Å². The van der Waals surface area contributed by atoms with E-state index in [9.17, 15) is 4.39 Å². The first-order valence-electron chi connectivity index (χ1n) is 7.95. The van der Waals surface area contributed by atoms with Gasteiger partial charge in [0.25, 0.3) is 0 Å². The molecule has 0 atom stereocenters. The molecule has 2 aromatic heterocycles. The van der Waals surface area contributed by atoms with Crippen LogP contribution in [0, 0.1) is 5.82 Å². The molecule has 5 heteroatoms. The van der Waals surface area contributed by atoms with Crippen molar-refractivity contribution in [2.45, 2.75) is 39.0 Å². The Hall–Kier alpha value is -2.17. The Balaban J connectivity index is 1.77. The summed E-state index contributed by atoms with van der Waals surface area (Å²) in [7, 11) is 0. The third-order valence-corrected chi connectivity index (χ3v) is 3.92. The average molecular weight is 300 g/mol. The second-order valence-corrected chi connectivity index (χ2v) is 5.60. The topological polar surface area (TPSA) is 53.6 Å². The summed E-state index contributed by atoms with van der Waals surface area (Å²) < 4.78 is 13.4. The molecule has 116 valence electrons. The number of halogens is 1. The molecule has 0 aliphatic rings. The fourth-order valence-electron chi connectivity index (χ4n) is 2.73. The van der Waals surface area contributed by atoms with Gasteiger partial charge in [0.2, 0.25) is 0 Å². The van der Waals surface area contributed by atoms with Crippen LogP contribution in [0.1, 0.15) is 39.0 Å². The Morgan fingerprint density at radius 3 is 2.86 bits per heavy atom. The van der Waals surface area contributed by atoms with Gasteiger partial charge in [-0.1, -0.05) is 32.6 Å². The molecule has 0 fully saturated rings. The molecule has 2 heterocycles. The summed E-state index contributed by atoms with van der Waals surface area (Å²) in [5.41, 5.74) is 2.48. The summed E-state index contributed by atoms with van der Waals surface area (Å²) in [6.07, 6.45) is 7.72. The van der Waals surface area contributed by atoms with Crippen LogP contribution in [-0.2, 0) is 0 Å². The van der Waals surface area contributed by atoms with E-state index in [2.05, 4.69) is 27.2 Å². The molecular formula is C17H21FN4. The molecule has 0 amide bonds. The molecule has 4 nitrogen and oxygen atoms in total. The van der Waals surface area contributed by atoms with E-state index in [1.54, 1.807) is 6.07 Å². The number of benzene rings is 1. The van der Waals surface area contributed by atoms with Crippen molar-refractivity contribution in [1.29, 1.82) is 0 Å². The molecular weight excluding hydrogens is 279 g/mol. The summed E-state index contributed by atoms with van der Waals surface area (Å²) in [6.45, 7) is 3.11. The number of unbranched alkanes of at least 4 members (excludes halogenated alkanes) is 4. The van der Waals surface area contributed by atoms with E-state index >= 15 is 0 Å². The molecule has 0 bridgehead atoms. The zero-order chi connectivity index (χ0) is 15.4. The minimum Gasteiger partial charge on any atom is -0.368 e. The van der Waals surface area contributed by atoms with Crippen LogP contribution in [-0.4, -0.2) is 21.5 Å². The molecule has 0 saturated carbocycles. The number of H-pyrrole nitrogens is 1. The summed E-state index contributed by atoms with van der Waals surface area (Å²) >= 11 is 0. The molecule has 3 rings (SSSR count). The van der Waals surface area contributed by atoms with Crippen molar-refractivity contribution >= 4 is 27.8 Å². The van der Waals surface area contributed by atoms with Gasteiger partial charge in [0, 0.05) is 17.4 Å². The number of nitrogens with zero attached hydrogens (tertiary/aromatic N) is 2. The smallest absolute Gasteiger partial charge is 0.153 e. The molecule has 1 aromatic carbocycles. The van der Waals surface area contributed by atoms with Gasteiger partial charge in [-0.05, 0) is 24.6 Å². The van der Waals surface area contributed by atoms with Gasteiger partial charge in [-0.3, -0.25) is 0 Å². The van der Waals surface area contributed by atoms with Gasteiger partial charge < -0.3 is 10.3 Å². The van der Waals surface area contributed by atoms with Crippen LogP contribution in [0.4, 0.5) is 10.2 Å². The lowest BCUT2D eigenvalue weighted by Crippen LogP contribution is -2.04.